The van der Waals surface area contributed by atoms with Crippen LogP contribution in [0.4, 0.5) is 0 Å². The van der Waals surface area contributed by atoms with Crippen molar-refractivity contribution in [2.24, 2.45) is 5.92 Å². The third kappa shape index (κ3) is 4.47. The predicted octanol–water partition coefficient (Wildman–Crippen LogP) is 0.528. The number of aromatic hydroxyl groups is 1. The Morgan fingerprint density at radius 2 is 1.90 bits per heavy atom. The number of aromatic amines is 1. The molecule has 0 bridgehead atoms. The first-order chi connectivity index (χ1) is 9.73. The number of aromatic nitrogens is 2. The van der Waals surface area contributed by atoms with Crippen molar-refractivity contribution in [1.82, 2.24) is 14.9 Å². The van der Waals surface area contributed by atoms with E-state index in [0.717, 1.165) is 4.57 Å². The fourth-order valence-corrected chi connectivity index (χ4v) is 1.92. The zero-order valence-electron chi connectivity index (χ0n) is 12.9. The van der Waals surface area contributed by atoms with Gasteiger partial charge in [0.25, 0.3) is 5.56 Å². The predicted molar refractivity (Wildman–Crippen MR) is 79.5 cm³/mol. The van der Waals surface area contributed by atoms with Gasteiger partial charge in [-0.3, -0.25) is 19.1 Å². The van der Waals surface area contributed by atoms with Crippen LogP contribution >= 0.6 is 0 Å². The second kappa shape index (κ2) is 7.10. The van der Waals surface area contributed by atoms with Crippen molar-refractivity contribution < 1.29 is 9.90 Å². The van der Waals surface area contributed by atoms with Gasteiger partial charge in [0, 0.05) is 19.5 Å². The quantitative estimate of drug-likeness (QED) is 0.712. The maximum Gasteiger partial charge on any atom is 0.331 e. The monoisotopic (exact) mass is 297 g/mol. The topological polar surface area (TPSA) is 104 Å². The Morgan fingerprint density at radius 1 is 1.29 bits per heavy atom. The van der Waals surface area contributed by atoms with Gasteiger partial charge in [-0.15, -0.1) is 0 Å². The summed E-state index contributed by atoms with van der Waals surface area (Å²) >= 11 is 0. The number of rotatable bonds is 6. The summed E-state index contributed by atoms with van der Waals surface area (Å²) in [7, 11) is 0. The summed E-state index contributed by atoms with van der Waals surface area (Å²) in [5.74, 6) is -0.455. The van der Waals surface area contributed by atoms with Crippen molar-refractivity contribution in [2.75, 3.05) is 6.54 Å². The second-order valence-electron chi connectivity index (χ2n) is 5.75. The smallest absolute Gasteiger partial charge is 0.331 e. The van der Waals surface area contributed by atoms with Crippen LogP contribution in [0.3, 0.4) is 0 Å². The van der Waals surface area contributed by atoms with Gasteiger partial charge in [0.1, 0.15) is 0 Å². The zero-order chi connectivity index (χ0) is 16.2. The van der Waals surface area contributed by atoms with Gasteiger partial charge in [0.2, 0.25) is 11.8 Å². The minimum absolute atomic E-state index is 0.0189. The van der Waals surface area contributed by atoms with Crippen LogP contribution in [0.1, 0.15) is 45.6 Å². The number of hydrogen-bond donors (Lipinski definition) is 3. The number of carbonyl (C=O) groups excluding carboxylic acids is 1. The third-order valence-electron chi connectivity index (χ3n) is 3.05. The van der Waals surface area contributed by atoms with E-state index in [4.69, 9.17) is 0 Å². The molecule has 0 spiro atoms. The molecule has 0 atom stereocenters. The molecule has 1 aromatic rings. The van der Waals surface area contributed by atoms with Gasteiger partial charge in [-0.25, -0.2) is 4.79 Å². The highest BCUT2D eigenvalue weighted by Crippen LogP contribution is 2.19. The van der Waals surface area contributed by atoms with E-state index >= 15 is 0 Å². The van der Waals surface area contributed by atoms with E-state index in [0.29, 0.717) is 12.5 Å². The second-order valence-corrected chi connectivity index (χ2v) is 5.75. The van der Waals surface area contributed by atoms with E-state index in [2.05, 4.69) is 10.3 Å². The van der Waals surface area contributed by atoms with Crippen molar-refractivity contribution in [1.29, 1.82) is 0 Å². The number of amides is 1. The van der Waals surface area contributed by atoms with Gasteiger partial charge in [0.05, 0.1) is 5.56 Å². The molecule has 21 heavy (non-hydrogen) atoms. The average Bonchev–Trinajstić information content (AvgIpc) is 2.34. The highest BCUT2D eigenvalue weighted by molar-refractivity contribution is 5.75. The number of hydrogen-bond acceptors (Lipinski definition) is 4. The number of H-pyrrole nitrogens is 1. The van der Waals surface area contributed by atoms with Crippen LogP contribution in [-0.4, -0.2) is 27.1 Å². The van der Waals surface area contributed by atoms with Crippen LogP contribution in [0.25, 0.3) is 0 Å². The average molecular weight is 297 g/mol. The molecule has 0 radical (unpaired) electrons. The minimum Gasteiger partial charge on any atom is -0.494 e. The molecule has 0 saturated carbocycles. The molecule has 0 aromatic carbocycles. The van der Waals surface area contributed by atoms with Gasteiger partial charge in [-0.2, -0.15) is 0 Å². The van der Waals surface area contributed by atoms with E-state index in [-0.39, 0.29) is 36.2 Å². The Morgan fingerprint density at radius 3 is 2.43 bits per heavy atom. The summed E-state index contributed by atoms with van der Waals surface area (Å²) in [6.45, 7) is 8.03. The van der Waals surface area contributed by atoms with E-state index < -0.39 is 11.2 Å². The van der Waals surface area contributed by atoms with Crippen LogP contribution in [0.2, 0.25) is 0 Å². The van der Waals surface area contributed by atoms with Crippen LogP contribution in [0.15, 0.2) is 9.59 Å². The summed E-state index contributed by atoms with van der Waals surface area (Å²) in [6.07, 6.45) is 0.0593. The number of nitrogens with zero attached hydrogens (tertiary/aromatic N) is 1. The maximum absolute atomic E-state index is 11.7. The van der Waals surface area contributed by atoms with Gasteiger partial charge in [-0.1, -0.05) is 27.7 Å². The van der Waals surface area contributed by atoms with Crippen molar-refractivity contribution in [3.05, 3.63) is 26.4 Å². The van der Waals surface area contributed by atoms with Crippen molar-refractivity contribution in [3.8, 4) is 5.88 Å². The molecule has 0 aliphatic carbocycles. The normalized spacial score (nSPS) is 11.1. The molecule has 1 aromatic heterocycles. The van der Waals surface area contributed by atoms with Crippen LogP contribution in [-0.2, 0) is 11.3 Å². The lowest BCUT2D eigenvalue weighted by molar-refractivity contribution is -0.121. The molecule has 1 rings (SSSR count). The molecular formula is C14H23N3O4. The molecule has 0 aliphatic heterocycles. The van der Waals surface area contributed by atoms with Crippen LogP contribution in [0.5, 0.6) is 5.88 Å². The van der Waals surface area contributed by atoms with Crippen molar-refractivity contribution in [2.45, 2.75) is 46.6 Å². The van der Waals surface area contributed by atoms with Crippen LogP contribution < -0.4 is 16.6 Å². The van der Waals surface area contributed by atoms with Gasteiger partial charge < -0.3 is 10.4 Å². The Labute approximate surface area is 123 Å². The molecular weight excluding hydrogens is 274 g/mol. The molecule has 0 unspecified atom stereocenters. The number of nitrogens with one attached hydrogen (secondary N) is 2. The summed E-state index contributed by atoms with van der Waals surface area (Å²) in [4.78, 5) is 37.2. The SMILES string of the molecule is CC(C)CNC(=O)CCn1c(O)c(C(C)C)c(=O)[nH]c1=O. The van der Waals surface area contributed by atoms with Crippen molar-refractivity contribution >= 4 is 5.91 Å². The minimum atomic E-state index is -0.710. The van der Waals surface area contributed by atoms with E-state index in [9.17, 15) is 19.5 Å². The first-order valence-corrected chi connectivity index (χ1v) is 7.06. The van der Waals surface area contributed by atoms with E-state index in [1.807, 2.05) is 13.8 Å². The molecule has 118 valence electrons. The fourth-order valence-electron chi connectivity index (χ4n) is 1.92. The zero-order valence-corrected chi connectivity index (χ0v) is 12.9. The van der Waals surface area contributed by atoms with Gasteiger partial charge >= 0.3 is 5.69 Å². The molecule has 7 heteroatoms. The Hall–Kier alpha value is -2.05. The molecule has 3 N–H and O–H groups in total. The summed E-state index contributed by atoms with van der Waals surface area (Å²) in [5, 5.41) is 12.8. The van der Waals surface area contributed by atoms with Crippen molar-refractivity contribution in [3.63, 3.8) is 0 Å². The molecule has 0 saturated heterocycles. The largest absolute Gasteiger partial charge is 0.494 e. The Balaban J connectivity index is 2.90. The van der Waals surface area contributed by atoms with Crippen LogP contribution in [0, 0.1) is 5.92 Å². The Bertz CT molecular complexity index is 614. The van der Waals surface area contributed by atoms with Gasteiger partial charge in [0.15, 0.2) is 0 Å². The molecule has 7 nitrogen and oxygen atoms in total. The summed E-state index contributed by atoms with van der Waals surface area (Å²) < 4.78 is 1.02. The number of carbonyl (C=O) groups is 1. The first-order valence-electron chi connectivity index (χ1n) is 7.06. The lowest BCUT2D eigenvalue weighted by Crippen LogP contribution is -2.34. The molecule has 0 fully saturated rings. The van der Waals surface area contributed by atoms with E-state index in [1.54, 1.807) is 13.8 Å². The van der Waals surface area contributed by atoms with Gasteiger partial charge in [-0.05, 0) is 11.8 Å². The summed E-state index contributed by atoms with van der Waals surface area (Å²) in [6, 6.07) is 0. The molecule has 1 amide bonds. The fraction of sp³-hybridized carbons (Fsp3) is 0.643. The lowest BCUT2D eigenvalue weighted by Gasteiger charge is -2.13. The highest BCUT2D eigenvalue weighted by atomic mass is 16.3. The molecule has 0 aliphatic rings. The third-order valence-corrected chi connectivity index (χ3v) is 3.05. The lowest BCUT2D eigenvalue weighted by atomic mass is 10.1. The van der Waals surface area contributed by atoms with E-state index in [1.165, 1.54) is 0 Å². The first kappa shape index (κ1) is 17.0. The standard InChI is InChI=1S/C14H23N3O4/c1-8(2)7-15-10(18)5-6-17-13(20)11(9(3)4)12(19)16-14(17)21/h8-9,20H,5-7H2,1-4H3,(H,15,18)(H,16,19,21). The summed E-state index contributed by atoms with van der Waals surface area (Å²) in [5.41, 5.74) is -1.15. The Kier molecular flexibility index (Phi) is 5.75. The highest BCUT2D eigenvalue weighted by Gasteiger charge is 2.17. The maximum atomic E-state index is 11.7. The molecule has 1 heterocycles.